The zero-order chi connectivity index (χ0) is 10.9. The summed E-state index contributed by atoms with van der Waals surface area (Å²) in [5.74, 6) is -2.80. The van der Waals surface area contributed by atoms with Crippen LogP contribution in [0.3, 0.4) is 0 Å². The van der Waals surface area contributed by atoms with Gasteiger partial charge in [-0.1, -0.05) is 15.9 Å². The van der Waals surface area contributed by atoms with Crippen LogP contribution >= 0.6 is 15.9 Å². The highest BCUT2D eigenvalue weighted by Gasteiger charge is 2.32. The summed E-state index contributed by atoms with van der Waals surface area (Å²) in [7, 11) is 0. The number of hydrogen-bond acceptors (Lipinski definition) is 1. The predicted octanol–water partition coefficient (Wildman–Crippen LogP) is 2.66. The second-order valence-electron chi connectivity index (χ2n) is 2.97. The largest absolute Gasteiger partial charge is 0.480 e. The molecule has 1 aromatic carbocycles. The number of carboxylic acid groups (broad SMARTS) is 1. The van der Waals surface area contributed by atoms with Crippen LogP contribution in [0, 0.1) is 11.6 Å². The number of carboxylic acids is 1. The van der Waals surface area contributed by atoms with Crippen LogP contribution in [0.1, 0.15) is 12.5 Å². The lowest BCUT2D eigenvalue weighted by atomic mass is 10.0. The summed E-state index contributed by atoms with van der Waals surface area (Å²) in [5, 5.41) is 8.78. The molecule has 0 aliphatic heterocycles. The van der Waals surface area contributed by atoms with E-state index in [2.05, 4.69) is 15.9 Å². The first-order valence-corrected chi connectivity index (χ1v) is 4.52. The maximum Gasteiger partial charge on any atom is 0.324 e. The van der Waals surface area contributed by atoms with Crippen LogP contribution in [0.5, 0.6) is 0 Å². The molecule has 76 valence electrons. The van der Waals surface area contributed by atoms with Gasteiger partial charge < -0.3 is 5.11 Å². The van der Waals surface area contributed by atoms with E-state index < -0.39 is 21.9 Å². The predicted molar refractivity (Wildman–Crippen MR) is 50.3 cm³/mol. The number of halogens is 3. The number of alkyl halides is 1. The lowest BCUT2D eigenvalue weighted by Crippen LogP contribution is -2.25. The van der Waals surface area contributed by atoms with Crippen LogP contribution in [0.4, 0.5) is 8.78 Å². The maximum atomic E-state index is 12.8. The third-order valence-corrected chi connectivity index (χ3v) is 2.60. The van der Waals surface area contributed by atoms with E-state index in [9.17, 15) is 13.6 Å². The van der Waals surface area contributed by atoms with E-state index in [1.165, 1.54) is 6.92 Å². The van der Waals surface area contributed by atoms with Crippen molar-refractivity contribution in [1.29, 1.82) is 0 Å². The van der Waals surface area contributed by atoms with Gasteiger partial charge in [0.25, 0.3) is 0 Å². The third kappa shape index (κ3) is 2.09. The van der Waals surface area contributed by atoms with Crippen LogP contribution in [-0.4, -0.2) is 11.1 Å². The molecule has 0 bridgehead atoms. The number of benzene rings is 1. The average Bonchev–Trinajstić information content (AvgIpc) is 2.01. The molecule has 1 N–H and O–H groups in total. The Morgan fingerprint density at radius 3 is 2.14 bits per heavy atom. The van der Waals surface area contributed by atoms with Gasteiger partial charge in [0, 0.05) is 6.07 Å². The van der Waals surface area contributed by atoms with Gasteiger partial charge >= 0.3 is 5.97 Å². The van der Waals surface area contributed by atoms with Crippen molar-refractivity contribution in [1.82, 2.24) is 0 Å². The molecular formula is C9H7BrF2O2. The van der Waals surface area contributed by atoms with Crippen molar-refractivity contribution in [2.75, 3.05) is 0 Å². The molecular weight excluding hydrogens is 258 g/mol. The summed E-state index contributed by atoms with van der Waals surface area (Å²) in [6.07, 6.45) is 0. The molecule has 2 nitrogen and oxygen atoms in total. The first-order chi connectivity index (χ1) is 6.34. The van der Waals surface area contributed by atoms with Crippen LogP contribution in [0.25, 0.3) is 0 Å². The van der Waals surface area contributed by atoms with Gasteiger partial charge in [0.1, 0.15) is 16.0 Å². The van der Waals surface area contributed by atoms with E-state index in [0.717, 1.165) is 12.1 Å². The number of carbonyl (C=O) groups is 1. The van der Waals surface area contributed by atoms with Crippen LogP contribution < -0.4 is 0 Å². The van der Waals surface area contributed by atoms with Gasteiger partial charge in [-0.05, 0) is 24.6 Å². The molecule has 0 spiro atoms. The Balaban J connectivity index is 3.25. The minimum absolute atomic E-state index is 0.0301. The molecule has 0 aliphatic carbocycles. The van der Waals surface area contributed by atoms with E-state index in [1.807, 2.05) is 0 Å². The quantitative estimate of drug-likeness (QED) is 0.834. The first-order valence-electron chi connectivity index (χ1n) is 3.73. The van der Waals surface area contributed by atoms with Gasteiger partial charge in [0.2, 0.25) is 0 Å². The Hall–Kier alpha value is -0.970. The van der Waals surface area contributed by atoms with Crippen LogP contribution in [0.2, 0.25) is 0 Å². The van der Waals surface area contributed by atoms with Gasteiger partial charge in [-0.3, -0.25) is 4.79 Å². The average molecular weight is 265 g/mol. The molecule has 14 heavy (non-hydrogen) atoms. The van der Waals surface area contributed by atoms with Crippen LogP contribution in [0.15, 0.2) is 18.2 Å². The second-order valence-corrected chi connectivity index (χ2v) is 4.55. The van der Waals surface area contributed by atoms with Crippen molar-refractivity contribution in [3.63, 3.8) is 0 Å². The minimum Gasteiger partial charge on any atom is -0.480 e. The van der Waals surface area contributed by atoms with Crippen LogP contribution in [-0.2, 0) is 9.12 Å². The normalized spacial score (nSPS) is 14.9. The molecule has 0 saturated carbocycles. The highest BCUT2D eigenvalue weighted by molar-refractivity contribution is 9.10. The number of aliphatic carboxylic acids is 1. The fourth-order valence-electron chi connectivity index (χ4n) is 0.948. The van der Waals surface area contributed by atoms with Gasteiger partial charge in [-0.15, -0.1) is 0 Å². The molecule has 0 saturated heterocycles. The molecule has 5 heteroatoms. The summed E-state index contributed by atoms with van der Waals surface area (Å²) >= 11 is 2.89. The summed E-state index contributed by atoms with van der Waals surface area (Å²) in [5.41, 5.74) is 0.0301. The Morgan fingerprint density at radius 1 is 1.36 bits per heavy atom. The summed E-state index contributed by atoms with van der Waals surface area (Å²) in [6.45, 7) is 1.31. The van der Waals surface area contributed by atoms with Crippen molar-refractivity contribution >= 4 is 21.9 Å². The van der Waals surface area contributed by atoms with Crippen molar-refractivity contribution in [2.45, 2.75) is 11.2 Å². The first kappa shape index (κ1) is 11.1. The van der Waals surface area contributed by atoms with Gasteiger partial charge in [-0.2, -0.15) is 0 Å². The second kappa shape index (κ2) is 3.65. The lowest BCUT2D eigenvalue weighted by molar-refractivity contribution is -0.139. The molecule has 1 aromatic rings. The zero-order valence-electron chi connectivity index (χ0n) is 7.22. The highest BCUT2D eigenvalue weighted by atomic mass is 79.9. The summed E-state index contributed by atoms with van der Waals surface area (Å²) < 4.78 is 24.1. The molecule has 0 fully saturated rings. The van der Waals surface area contributed by atoms with E-state index in [1.54, 1.807) is 0 Å². The van der Waals surface area contributed by atoms with E-state index in [-0.39, 0.29) is 5.56 Å². The maximum absolute atomic E-state index is 12.8. The van der Waals surface area contributed by atoms with E-state index >= 15 is 0 Å². The lowest BCUT2D eigenvalue weighted by Gasteiger charge is -2.17. The Labute approximate surface area is 87.7 Å². The Bertz CT molecular complexity index is 357. The third-order valence-electron chi connectivity index (χ3n) is 1.81. The van der Waals surface area contributed by atoms with Crippen molar-refractivity contribution in [2.24, 2.45) is 0 Å². The van der Waals surface area contributed by atoms with Crippen molar-refractivity contribution in [3.05, 3.63) is 35.4 Å². The topological polar surface area (TPSA) is 37.3 Å². The molecule has 0 amide bonds. The number of rotatable bonds is 2. The molecule has 0 heterocycles. The highest BCUT2D eigenvalue weighted by Crippen LogP contribution is 2.31. The molecule has 0 radical (unpaired) electrons. The smallest absolute Gasteiger partial charge is 0.324 e. The van der Waals surface area contributed by atoms with E-state index in [4.69, 9.17) is 5.11 Å². The molecule has 1 atom stereocenters. The molecule has 1 rings (SSSR count). The SMILES string of the molecule is CC(Br)(C(=O)O)c1cc(F)cc(F)c1. The summed E-state index contributed by atoms with van der Waals surface area (Å²) in [4.78, 5) is 10.8. The molecule has 1 unspecified atom stereocenters. The minimum atomic E-state index is -1.48. The Morgan fingerprint density at radius 2 is 1.79 bits per heavy atom. The number of hydrogen-bond donors (Lipinski definition) is 1. The standard InChI is InChI=1S/C9H7BrF2O2/c1-9(10,8(13)14)5-2-6(11)4-7(12)3-5/h2-4H,1H3,(H,13,14). The van der Waals surface area contributed by atoms with Crippen molar-refractivity contribution in [3.8, 4) is 0 Å². The fourth-order valence-corrected chi connectivity index (χ4v) is 1.18. The fraction of sp³-hybridized carbons (Fsp3) is 0.222. The van der Waals surface area contributed by atoms with E-state index in [0.29, 0.717) is 6.07 Å². The monoisotopic (exact) mass is 264 g/mol. The Kier molecular flexibility index (Phi) is 2.89. The molecule has 0 aromatic heterocycles. The molecule has 0 aliphatic rings. The van der Waals surface area contributed by atoms with Gasteiger partial charge in [0.05, 0.1) is 0 Å². The van der Waals surface area contributed by atoms with Crippen molar-refractivity contribution < 1.29 is 18.7 Å². The van der Waals surface area contributed by atoms with Gasteiger partial charge in [-0.25, -0.2) is 8.78 Å². The summed E-state index contributed by atoms with van der Waals surface area (Å²) in [6, 6.07) is 2.65. The zero-order valence-corrected chi connectivity index (χ0v) is 8.81. The van der Waals surface area contributed by atoms with Gasteiger partial charge in [0.15, 0.2) is 0 Å².